The Hall–Kier alpha value is -0.0400. The summed E-state index contributed by atoms with van der Waals surface area (Å²) >= 11 is 17.5. The molecular weight excluding hydrogens is 331 g/mol. The molecule has 0 atom stereocenters. The van der Waals surface area contributed by atoms with Gasteiger partial charge in [0.2, 0.25) is 10.0 Å². The Bertz CT molecular complexity index is 524. The van der Waals surface area contributed by atoms with E-state index in [1.807, 2.05) is 13.8 Å². The van der Waals surface area contributed by atoms with Crippen LogP contribution in [0.4, 0.5) is 0 Å². The lowest BCUT2D eigenvalue weighted by Crippen LogP contribution is -2.34. The second-order valence-corrected chi connectivity index (χ2v) is 7.16. The summed E-state index contributed by atoms with van der Waals surface area (Å²) in [7, 11) is -3.75. The first-order valence-electron chi connectivity index (χ1n) is 5.61. The van der Waals surface area contributed by atoms with Crippen molar-refractivity contribution in [3.63, 3.8) is 0 Å². The minimum absolute atomic E-state index is 0.00168. The van der Waals surface area contributed by atoms with Crippen LogP contribution in [-0.2, 0) is 10.0 Å². The standard InChI is InChI=1S/C11H15Cl3N2O2S/c1-7(2)15-3-4-16-19(17,18)11-9(13)5-8(12)6-10(11)14/h5-7,15-16H,3-4H2,1-2H3. The first-order chi connectivity index (χ1) is 8.74. The number of halogens is 3. The SMILES string of the molecule is CC(C)NCCNS(=O)(=O)c1c(Cl)cc(Cl)cc1Cl. The summed E-state index contributed by atoms with van der Waals surface area (Å²) < 4.78 is 26.6. The van der Waals surface area contributed by atoms with Crippen molar-refractivity contribution in [2.45, 2.75) is 24.8 Å². The lowest BCUT2D eigenvalue weighted by Gasteiger charge is -2.12. The van der Waals surface area contributed by atoms with Gasteiger partial charge in [-0.25, -0.2) is 13.1 Å². The van der Waals surface area contributed by atoms with Gasteiger partial charge >= 0.3 is 0 Å². The summed E-state index contributed by atoms with van der Waals surface area (Å²) in [5, 5.41) is 3.38. The third-order valence-electron chi connectivity index (χ3n) is 2.20. The molecule has 0 amide bonds. The summed E-state index contributed by atoms with van der Waals surface area (Å²) in [5.74, 6) is 0. The molecule has 0 saturated carbocycles. The Balaban J connectivity index is 2.84. The molecule has 2 N–H and O–H groups in total. The van der Waals surface area contributed by atoms with Crippen molar-refractivity contribution < 1.29 is 8.42 Å². The lowest BCUT2D eigenvalue weighted by atomic mass is 10.4. The van der Waals surface area contributed by atoms with E-state index in [4.69, 9.17) is 34.8 Å². The zero-order valence-electron chi connectivity index (χ0n) is 10.5. The van der Waals surface area contributed by atoms with E-state index in [0.29, 0.717) is 6.54 Å². The molecule has 0 saturated heterocycles. The van der Waals surface area contributed by atoms with E-state index in [2.05, 4.69) is 10.0 Å². The van der Waals surface area contributed by atoms with Crippen LogP contribution < -0.4 is 10.0 Å². The molecule has 1 aromatic rings. The molecule has 0 aliphatic heterocycles. The molecule has 0 aromatic heterocycles. The lowest BCUT2D eigenvalue weighted by molar-refractivity contribution is 0.560. The number of benzene rings is 1. The highest BCUT2D eigenvalue weighted by Gasteiger charge is 2.21. The summed E-state index contributed by atoms with van der Waals surface area (Å²) in [6.45, 7) is 4.71. The molecule has 0 heterocycles. The zero-order chi connectivity index (χ0) is 14.6. The van der Waals surface area contributed by atoms with Gasteiger partial charge < -0.3 is 5.32 Å². The van der Waals surface area contributed by atoms with Crippen LogP contribution in [0.25, 0.3) is 0 Å². The number of nitrogens with one attached hydrogen (secondary N) is 2. The molecule has 0 aliphatic carbocycles. The Morgan fingerprint density at radius 1 is 1.11 bits per heavy atom. The topological polar surface area (TPSA) is 58.2 Å². The molecule has 108 valence electrons. The molecule has 8 heteroatoms. The maximum absolute atomic E-state index is 12.1. The van der Waals surface area contributed by atoms with Gasteiger partial charge in [-0.3, -0.25) is 0 Å². The first-order valence-corrected chi connectivity index (χ1v) is 8.23. The van der Waals surface area contributed by atoms with E-state index in [1.54, 1.807) is 0 Å². The molecule has 0 bridgehead atoms. The van der Waals surface area contributed by atoms with E-state index >= 15 is 0 Å². The molecule has 0 aliphatic rings. The van der Waals surface area contributed by atoms with Gasteiger partial charge in [0.15, 0.2) is 0 Å². The third kappa shape index (κ3) is 5.10. The Labute approximate surface area is 128 Å². The molecule has 1 aromatic carbocycles. The van der Waals surface area contributed by atoms with Gasteiger partial charge in [0, 0.05) is 24.2 Å². The van der Waals surface area contributed by atoms with Crippen LogP contribution in [0.5, 0.6) is 0 Å². The van der Waals surface area contributed by atoms with Crippen LogP contribution in [0.1, 0.15) is 13.8 Å². The van der Waals surface area contributed by atoms with Crippen LogP contribution >= 0.6 is 34.8 Å². The van der Waals surface area contributed by atoms with Gasteiger partial charge in [-0.1, -0.05) is 48.7 Å². The maximum Gasteiger partial charge on any atom is 0.243 e. The van der Waals surface area contributed by atoms with E-state index in [1.165, 1.54) is 12.1 Å². The average Bonchev–Trinajstić information content (AvgIpc) is 2.22. The average molecular weight is 346 g/mol. The second kappa shape index (κ2) is 7.11. The predicted octanol–water partition coefficient (Wildman–Crippen LogP) is 2.92. The summed E-state index contributed by atoms with van der Waals surface area (Å²) in [6.07, 6.45) is 0. The fourth-order valence-electron chi connectivity index (χ4n) is 1.40. The smallest absolute Gasteiger partial charge is 0.243 e. The molecule has 19 heavy (non-hydrogen) atoms. The minimum Gasteiger partial charge on any atom is -0.313 e. The van der Waals surface area contributed by atoms with Crippen molar-refractivity contribution >= 4 is 44.8 Å². The summed E-state index contributed by atoms with van der Waals surface area (Å²) in [6, 6.07) is 2.97. The van der Waals surface area contributed by atoms with Crippen molar-refractivity contribution in [2.75, 3.05) is 13.1 Å². The van der Waals surface area contributed by atoms with Crippen molar-refractivity contribution in [3.8, 4) is 0 Å². The van der Waals surface area contributed by atoms with Gasteiger partial charge in [-0.05, 0) is 12.1 Å². The van der Waals surface area contributed by atoms with Crippen LogP contribution in [0.3, 0.4) is 0 Å². The highest BCUT2D eigenvalue weighted by atomic mass is 35.5. The van der Waals surface area contributed by atoms with Gasteiger partial charge in [0.25, 0.3) is 0 Å². The summed E-state index contributed by atoms with van der Waals surface area (Å²) in [4.78, 5) is -0.148. The molecule has 0 spiro atoms. The predicted molar refractivity (Wildman–Crippen MR) is 79.8 cm³/mol. The largest absolute Gasteiger partial charge is 0.313 e. The van der Waals surface area contributed by atoms with Crippen LogP contribution in [0.15, 0.2) is 17.0 Å². The quantitative estimate of drug-likeness (QED) is 0.779. The molecule has 0 fully saturated rings. The molecule has 0 unspecified atom stereocenters. The molecule has 4 nitrogen and oxygen atoms in total. The highest BCUT2D eigenvalue weighted by Crippen LogP contribution is 2.32. The first kappa shape index (κ1) is 17.0. The zero-order valence-corrected chi connectivity index (χ0v) is 13.6. The van der Waals surface area contributed by atoms with Crippen molar-refractivity contribution in [3.05, 3.63) is 27.2 Å². The van der Waals surface area contributed by atoms with Crippen LogP contribution in [0.2, 0.25) is 15.1 Å². The Kier molecular flexibility index (Phi) is 6.36. The molecule has 0 radical (unpaired) electrons. The minimum atomic E-state index is -3.75. The Morgan fingerprint density at radius 3 is 2.11 bits per heavy atom. The molecular formula is C11H15Cl3N2O2S. The van der Waals surface area contributed by atoms with Gasteiger partial charge in [0.1, 0.15) is 4.90 Å². The third-order valence-corrected chi connectivity index (χ3v) is 4.80. The Morgan fingerprint density at radius 2 is 1.63 bits per heavy atom. The number of rotatable bonds is 6. The highest BCUT2D eigenvalue weighted by molar-refractivity contribution is 7.89. The normalized spacial score (nSPS) is 12.1. The van der Waals surface area contributed by atoms with E-state index < -0.39 is 10.0 Å². The summed E-state index contributed by atoms with van der Waals surface area (Å²) in [5.41, 5.74) is 0. The van der Waals surface area contributed by atoms with Gasteiger partial charge in [-0.2, -0.15) is 0 Å². The van der Waals surface area contributed by atoms with E-state index in [0.717, 1.165) is 0 Å². The number of hydrogen-bond donors (Lipinski definition) is 2. The van der Waals surface area contributed by atoms with Gasteiger partial charge in [0.05, 0.1) is 10.0 Å². The van der Waals surface area contributed by atoms with Crippen molar-refractivity contribution in [2.24, 2.45) is 0 Å². The maximum atomic E-state index is 12.1. The fourth-order valence-corrected chi connectivity index (χ4v) is 3.98. The van der Waals surface area contributed by atoms with Crippen molar-refractivity contribution in [1.29, 1.82) is 0 Å². The van der Waals surface area contributed by atoms with Crippen molar-refractivity contribution in [1.82, 2.24) is 10.0 Å². The monoisotopic (exact) mass is 344 g/mol. The number of sulfonamides is 1. The van der Waals surface area contributed by atoms with E-state index in [9.17, 15) is 8.42 Å². The van der Waals surface area contributed by atoms with Gasteiger partial charge in [-0.15, -0.1) is 0 Å². The van der Waals surface area contributed by atoms with E-state index in [-0.39, 0.29) is 32.5 Å². The fraction of sp³-hybridized carbons (Fsp3) is 0.455. The van der Waals surface area contributed by atoms with Crippen LogP contribution in [-0.4, -0.2) is 27.5 Å². The van der Waals surface area contributed by atoms with Crippen LogP contribution in [0, 0.1) is 0 Å². The number of hydrogen-bond acceptors (Lipinski definition) is 3. The second-order valence-electron chi connectivity index (χ2n) is 4.21. The molecule has 1 rings (SSSR count).